The summed E-state index contributed by atoms with van der Waals surface area (Å²) in [6, 6.07) is -9.79. The van der Waals surface area contributed by atoms with E-state index in [4.69, 9.17) is 22.3 Å². The first-order valence-electron chi connectivity index (χ1n) is 26.8. The van der Waals surface area contributed by atoms with Crippen molar-refractivity contribution < 1.29 is 63.0 Å². The Balaban J connectivity index is 1.01. The maximum absolute atomic E-state index is 14.7. The van der Waals surface area contributed by atoms with Crippen LogP contribution in [0.1, 0.15) is 122 Å². The Morgan fingerprint density at radius 2 is 0.800 bits per heavy atom. The van der Waals surface area contributed by atoms with Crippen LogP contribution in [0, 0.1) is 0 Å². The van der Waals surface area contributed by atoms with Gasteiger partial charge in [-0.1, -0.05) is 0 Å². The highest BCUT2D eigenvalue weighted by Gasteiger charge is 2.50. The van der Waals surface area contributed by atoms with Gasteiger partial charge in [0.1, 0.15) is 54.4 Å². The van der Waals surface area contributed by atoms with E-state index in [0.717, 1.165) is 0 Å². The summed E-state index contributed by atoms with van der Waals surface area (Å²) in [6.07, 6.45) is 5.38. The van der Waals surface area contributed by atoms with Crippen LogP contribution in [0.3, 0.4) is 0 Å². The lowest BCUT2D eigenvalue weighted by molar-refractivity contribution is -0.153. The molecule has 7 fully saturated rings. The van der Waals surface area contributed by atoms with Crippen LogP contribution in [-0.4, -0.2) is 228 Å². The molecule has 0 saturated carbocycles. The Morgan fingerprint density at radius 3 is 1.15 bits per heavy atom. The average molecular weight is 1050 g/mol. The molecule has 10 N–H and O–H groups in total. The normalized spacial score (nSPS) is 26.8. The predicted molar refractivity (Wildman–Crippen MR) is 265 cm³/mol. The molecule has 0 aliphatic carbocycles. The lowest BCUT2D eigenvalue weighted by Crippen LogP contribution is -2.59. The Morgan fingerprint density at radius 1 is 0.480 bits per heavy atom. The number of carboxylic acids is 2. The Bertz CT molecular complexity index is 2260. The number of likely N-dealkylation sites (tertiary alicyclic amines) is 7. The van der Waals surface area contributed by atoms with Crippen molar-refractivity contribution >= 4 is 71.1 Å². The van der Waals surface area contributed by atoms with Crippen molar-refractivity contribution in [2.75, 3.05) is 52.4 Å². The second kappa shape index (κ2) is 24.8. The first-order chi connectivity index (χ1) is 35.8. The number of aliphatic imine (C=N–C) groups is 1. The van der Waals surface area contributed by atoms with E-state index in [9.17, 15) is 57.8 Å². The monoisotopic (exact) mass is 1050 g/mol. The molecule has 0 aromatic heterocycles. The summed E-state index contributed by atoms with van der Waals surface area (Å²) in [5.74, 6) is -6.99. The fraction of sp³-hybridized carbons (Fsp3) is 0.755. The van der Waals surface area contributed by atoms with Crippen LogP contribution in [0.4, 0.5) is 0 Å². The molecule has 26 heteroatoms. The summed E-state index contributed by atoms with van der Waals surface area (Å²) in [6.45, 7) is 3.51. The van der Waals surface area contributed by atoms with E-state index in [0.29, 0.717) is 96.6 Å². The number of carboxylic acid groups (broad SMARTS) is 2. The highest BCUT2D eigenvalue weighted by atomic mass is 16.4. The number of carbonyl (C=O) groups excluding carboxylic acids is 9. The van der Waals surface area contributed by atoms with Gasteiger partial charge in [0.25, 0.3) is 0 Å². The van der Waals surface area contributed by atoms with Gasteiger partial charge in [0.2, 0.25) is 53.2 Å². The highest BCUT2D eigenvalue weighted by molar-refractivity contribution is 5.99. The third kappa shape index (κ3) is 12.6. The van der Waals surface area contributed by atoms with Crippen molar-refractivity contribution in [3.8, 4) is 0 Å². The van der Waals surface area contributed by atoms with Crippen LogP contribution in [-0.2, 0) is 52.7 Å². The minimum atomic E-state index is -1.47. The molecule has 26 nitrogen and oxygen atoms in total. The van der Waals surface area contributed by atoms with Gasteiger partial charge in [0.15, 0.2) is 5.96 Å². The van der Waals surface area contributed by atoms with Gasteiger partial charge in [-0.15, -0.1) is 0 Å². The summed E-state index contributed by atoms with van der Waals surface area (Å²) >= 11 is 0. The smallest absolute Gasteiger partial charge is 0.326 e. The van der Waals surface area contributed by atoms with E-state index >= 15 is 0 Å². The molecule has 7 heterocycles. The molecule has 0 radical (unpaired) electrons. The van der Waals surface area contributed by atoms with Gasteiger partial charge in [-0.2, -0.15) is 0 Å². The minimum absolute atomic E-state index is 0.0853. The van der Waals surface area contributed by atoms with Gasteiger partial charge < -0.3 is 72.3 Å². The van der Waals surface area contributed by atoms with Crippen LogP contribution in [0.25, 0.3) is 0 Å². The van der Waals surface area contributed by atoms with Gasteiger partial charge >= 0.3 is 11.9 Å². The molecule has 414 valence electrons. The summed E-state index contributed by atoms with van der Waals surface area (Å²) < 4.78 is 0. The van der Waals surface area contributed by atoms with E-state index in [1.807, 2.05) is 0 Å². The molecular formula is C49H75N13O13. The van der Waals surface area contributed by atoms with E-state index in [2.05, 4.69) is 15.6 Å². The summed E-state index contributed by atoms with van der Waals surface area (Å²) in [5, 5.41) is 24.0. The molecule has 0 aromatic rings. The quantitative estimate of drug-likeness (QED) is 0.0392. The van der Waals surface area contributed by atoms with E-state index < -0.39 is 114 Å². The van der Waals surface area contributed by atoms with Crippen molar-refractivity contribution in [3.63, 3.8) is 0 Å². The Labute approximate surface area is 435 Å². The number of nitrogens with one attached hydrogen (secondary N) is 2. The van der Waals surface area contributed by atoms with Crippen molar-refractivity contribution in [3.05, 3.63) is 0 Å². The maximum atomic E-state index is 14.7. The van der Waals surface area contributed by atoms with Crippen LogP contribution >= 0.6 is 0 Å². The number of nitrogens with zero attached hydrogens (tertiary/aromatic N) is 8. The lowest BCUT2D eigenvalue weighted by Gasteiger charge is -2.36. The fourth-order valence-corrected chi connectivity index (χ4v) is 12.3. The van der Waals surface area contributed by atoms with E-state index in [-0.39, 0.29) is 88.6 Å². The zero-order valence-electron chi connectivity index (χ0n) is 42.9. The van der Waals surface area contributed by atoms with Crippen LogP contribution in [0.5, 0.6) is 0 Å². The van der Waals surface area contributed by atoms with Crippen LogP contribution < -0.4 is 27.8 Å². The number of rotatable bonds is 19. The molecule has 0 spiro atoms. The number of amides is 9. The van der Waals surface area contributed by atoms with Gasteiger partial charge in [0.05, 0.1) is 6.04 Å². The number of carbonyl (C=O) groups is 11. The summed E-state index contributed by atoms with van der Waals surface area (Å²) in [5.41, 5.74) is 17.0. The second-order valence-corrected chi connectivity index (χ2v) is 21.0. The Kier molecular flexibility index (Phi) is 18.6. The highest BCUT2D eigenvalue weighted by Crippen LogP contribution is 2.32. The standard InChI is InChI=1S/C49H75N13O13/c1-28(50)41(67)58-23-5-13-33(58)45(71)60-25-7-15-35(60)43(69)56-21-3-11-31(56)39(65)54-29(10-2-20-53-49(51)52)42(68)59-24-6-14-34(59)46(72)62-27-9-17-37(62)47(73)61-26-8-16-36(61)44(70)57-22-4-12-32(57)40(66)55-30(48(74)75)18-19-38(63)64/h28-37H,2-27,50H2,1H3,(H,54,65)(H,55,66)(H,63,64)(H,74,75)(H4,51,52,53)/t28-,29-,30-,31-,32-,33-,34-,35-,36-,37-/m0/s1. The van der Waals surface area contributed by atoms with Crippen molar-refractivity contribution in [2.24, 2.45) is 22.2 Å². The minimum Gasteiger partial charge on any atom is -0.481 e. The molecule has 0 aromatic carbocycles. The molecule has 7 rings (SSSR count). The van der Waals surface area contributed by atoms with Crippen LogP contribution in [0.2, 0.25) is 0 Å². The van der Waals surface area contributed by atoms with Crippen molar-refractivity contribution in [2.45, 2.75) is 183 Å². The number of nitrogens with two attached hydrogens (primary N) is 3. The van der Waals surface area contributed by atoms with Crippen molar-refractivity contribution in [1.29, 1.82) is 0 Å². The zero-order chi connectivity index (χ0) is 54.2. The Hall–Kier alpha value is -6.60. The molecule has 7 saturated heterocycles. The molecule has 0 bridgehead atoms. The van der Waals surface area contributed by atoms with Gasteiger partial charge in [-0.05, 0) is 116 Å². The molecule has 75 heavy (non-hydrogen) atoms. The van der Waals surface area contributed by atoms with Gasteiger partial charge in [-0.25, -0.2) is 4.79 Å². The third-order valence-corrected chi connectivity index (χ3v) is 16.0. The first kappa shape index (κ1) is 56.1. The average Bonchev–Trinajstić information content (AvgIpc) is 4.24. The van der Waals surface area contributed by atoms with E-state index in [1.165, 1.54) is 34.3 Å². The predicted octanol–water partition coefficient (Wildman–Crippen LogP) is -2.76. The molecule has 7 aliphatic heterocycles. The van der Waals surface area contributed by atoms with Gasteiger partial charge in [0, 0.05) is 58.8 Å². The number of aliphatic carboxylic acids is 2. The molecule has 9 amide bonds. The third-order valence-electron chi connectivity index (χ3n) is 16.0. The van der Waals surface area contributed by atoms with E-state index in [1.54, 1.807) is 6.92 Å². The molecule has 0 unspecified atom stereocenters. The maximum Gasteiger partial charge on any atom is 0.326 e. The second-order valence-electron chi connectivity index (χ2n) is 21.0. The SMILES string of the molecule is C[C@H](N)C(=O)N1CCC[C@H]1C(=O)N1CCC[C@H]1C(=O)N1CCC[C@H]1C(=O)N[C@@H](CCCN=C(N)N)C(=O)N1CCC[C@H]1C(=O)N1CCC[C@H]1C(=O)N1CCC[C@H]1C(=O)N1CCC[C@H]1C(=O)N[C@@H](CCC(=O)O)C(=O)O. The largest absolute Gasteiger partial charge is 0.481 e. The number of guanidine groups is 1. The molecular weight excluding hydrogens is 979 g/mol. The van der Waals surface area contributed by atoms with Crippen LogP contribution in [0.15, 0.2) is 4.99 Å². The molecule has 10 atom stereocenters. The van der Waals surface area contributed by atoms with Gasteiger partial charge in [-0.3, -0.25) is 52.9 Å². The first-order valence-corrected chi connectivity index (χ1v) is 26.8. The number of hydrogen-bond donors (Lipinski definition) is 7. The van der Waals surface area contributed by atoms with Crippen molar-refractivity contribution in [1.82, 2.24) is 44.9 Å². The summed E-state index contributed by atoms with van der Waals surface area (Å²) in [4.78, 5) is 164. The zero-order valence-corrected chi connectivity index (χ0v) is 42.9. The molecule has 7 aliphatic rings. The summed E-state index contributed by atoms with van der Waals surface area (Å²) in [7, 11) is 0. The fourth-order valence-electron chi connectivity index (χ4n) is 12.3. The lowest BCUT2D eigenvalue weighted by atomic mass is 10.1. The number of hydrogen-bond acceptors (Lipinski definition) is 13. The topological polar surface area (TPSA) is 365 Å².